The second-order valence-electron chi connectivity index (χ2n) is 3.64. The SMILES string of the molecule is CCSCC(C)NCc1c(Cl)cccc1Cl. The molecule has 90 valence electrons. The maximum absolute atomic E-state index is 6.09. The molecular weight excluding hydrogens is 261 g/mol. The van der Waals surface area contributed by atoms with Crippen molar-refractivity contribution in [1.82, 2.24) is 5.32 Å². The van der Waals surface area contributed by atoms with E-state index in [0.717, 1.165) is 33.7 Å². The van der Waals surface area contributed by atoms with Crippen LogP contribution in [0.3, 0.4) is 0 Å². The zero-order chi connectivity index (χ0) is 12.0. The summed E-state index contributed by atoms with van der Waals surface area (Å²) in [6.07, 6.45) is 0. The molecule has 1 atom stereocenters. The zero-order valence-electron chi connectivity index (χ0n) is 9.59. The van der Waals surface area contributed by atoms with Crippen molar-refractivity contribution in [3.05, 3.63) is 33.8 Å². The topological polar surface area (TPSA) is 12.0 Å². The van der Waals surface area contributed by atoms with Crippen LogP contribution >= 0.6 is 35.0 Å². The maximum Gasteiger partial charge on any atom is 0.0465 e. The summed E-state index contributed by atoms with van der Waals surface area (Å²) in [4.78, 5) is 0. The van der Waals surface area contributed by atoms with Gasteiger partial charge >= 0.3 is 0 Å². The number of nitrogens with one attached hydrogen (secondary N) is 1. The minimum atomic E-state index is 0.470. The van der Waals surface area contributed by atoms with Crippen LogP contribution in [0.2, 0.25) is 10.0 Å². The predicted octanol–water partition coefficient (Wildman–Crippen LogP) is 4.22. The number of rotatable bonds is 6. The fraction of sp³-hybridized carbons (Fsp3) is 0.500. The Labute approximate surface area is 112 Å². The highest BCUT2D eigenvalue weighted by atomic mass is 35.5. The molecule has 0 radical (unpaired) electrons. The van der Waals surface area contributed by atoms with Crippen LogP contribution in [0.25, 0.3) is 0 Å². The van der Waals surface area contributed by atoms with Crippen molar-refractivity contribution in [2.45, 2.75) is 26.4 Å². The molecule has 0 saturated heterocycles. The molecular formula is C12H17Cl2NS. The number of benzene rings is 1. The van der Waals surface area contributed by atoms with Crippen molar-refractivity contribution < 1.29 is 0 Å². The quantitative estimate of drug-likeness (QED) is 0.836. The summed E-state index contributed by atoms with van der Waals surface area (Å²) in [7, 11) is 0. The van der Waals surface area contributed by atoms with Crippen molar-refractivity contribution >= 4 is 35.0 Å². The van der Waals surface area contributed by atoms with Crippen LogP contribution in [-0.4, -0.2) is 17.5 Å². The molecule has 1 nitrogen and oxygen atoms in total. The molecule has 0 fully saturated rings. The third-order valence-electron chi connectivity index (χ3n) is 2.26. The van der Waals surface area contributed by atoms with E-state index in [1.54, 1.807) is 0 Å². The normalized spacial score (nSPS) is 12.8. The first-order valence-electron chi connectivity index (χ1n) is 5.39. The Kier molecular flexibility index (Phi) is 6.59. The van der Waals surface area contributed by atoms with Crippen LogP contribution in [-0.2, 0) is 6.54 Å². The van der Waals surface area contributed by atoms with Crippen molar-refractivity contribution in [3.63, 3.8) is 0 Å². The molecule has 1 aromatic carbocycles. The Hall–Kier alpha value is 0.110. The van der Waals surface area contributed by atoms with E-state index in [4.69, 9.17) is 23.2 Å². The zero-order valence-corrected chi connectivity index (χ0v) is 11.9. The fourth-order valence-corrected chi connectivity index (χ4v) is 2.57. The number of hydrogen-bond donors (Lipinski definition) is 1. The summed E-state index contributed by atoms with van der Waals surface area (Å²) in [5, 5.41) is 4.89. The monoisotopic (exact) mass is 277 g/mol. The van der Waals surface area contributed by atoms with Gasteiger partial charge in [0.25, 0.3) is 0 Å². The van der Waals surface area contributed by atoms with Gasteiger partial charge in [0, 0.05) is 33.9 Å². The Morgan fingerprint density at radius 1 is 1.31 bits per heavy atom. The van der Waals surface area contributed by atoms with Crippen LogP contribution < -0.4 is 5.32 Å². The highest BCUT2D eigenvalue weighted by Gasteiger charge is 2.07. The molecule has 1 rings (SSSR count). The fourth-order valence-electron chi connectivity index (χ4n) is 1.33. The molecule has 0 spiro atoms. The number of hydrogen-bond acceptors (Lipinski definition) is 2. The summed E-state index contributed by atoms with van der Waals surface area (Å²) in [6.45, 7) is 5.07. The Morgan fingerprint density at radius 3 is 2.50 bits per heavy atom. The van der Waals surface area contributed by atoms with Gasteiger partial charge in [-0.3, -0.25) is 0 Å². The minimum Gasteiger partial charge on any atom is -0.309 e. The van der Waals surface area contributed by atoms with Crippen LogP contribution in [0.5, 0.6) is 0 Å². The van der Waals surface area contributed by atoms with Crippen molar-refractivity contribution in [3.8, 4) is 0 Å². The van der Waals surface area contributed by atoms with Gasteiger partial charge in [-0.05, 0) is 24.8 Å². The van der Waals surface area contributed by atoms with Gasteiger partial charge < -0.3 is 5.32 Å². The van der Waals surface area contributed by atoms with E-state index in [9.17, 15) is 0 Å². The lowest BCUT2D eigenvalue weighted by Crippen LogP contribution is -2.28. The summed E-state index contributed by atoms with van der Waals surface area (Å²) in [6, 6.07) is 6.08. The van der Waals surface area contributed by atoms with Crippen LogP contribution in [0.4, 0.5) is 0 Å². The van der Waals surface area contributed by atoms with Crippen molar-refractivity contribution in [2.24, 2.45) is 0 Å². The molecule has 4 heteroatoms. The lowest BCUT2D eigenvalue weighted by Gasteiger charge is -2.14. The van der Waals surface area contributed by atoms with Gasteiger partial charge in [-0.25, -0.2) is 0 Å². The largest absolute Gasteiger partial charge is 0.309 e. The van der Waals surface area contributed by atoms with E-state index < -0.39 is 0 Å². The summed E-state index contributed by atoms with van der Waals surface area (Å²) < 4.78 is 0. The first kappa shape index (κ1) is 14.2. The highest BCUT2D eigenvalue weighted by Crippen LogP contribution is 2.24. The summed E-state index contributed by atoms with van der Waals surface area (Å²) >= 11 is 14.1. The van der Waals surface area contributed by atoms with Gasteiger partial charge in [0.2, 0.25) is 0 Å². The average molecular weight is 278 g/mol. The Morgan fingerprint density at radius 2 is 1.94 bits per heavy atom. The third-order valence-corrected chi connectivity index (χ3v) is 4.11. The molecule has 0 saturated carbocycles. The molecule has 16 heavy (non-hydrogen) atoms. The predicted molar refractivity (Wildman–Crippen MR) is 75.8 cm³/mol. The van der Waals surface area contributed by atoms with E-state index >= 15 is 0 Å². The van der Waals surface area contributed by atoms with Gasteiger partial charge in [-0.1, -0.05) is 36.2 Å². The molecule has 0 aliphatic heterocycles. The van der Waals surface area contributed by atoms with Gasteiger partial charge in [0.1, 0.15) is 0 Å². The van der Waals surface area contributed by atoms with E-state index in [0.29, 0.717) is 6.04 Å². The molecule has 1 unspecified atom stereocenters. The Balaban J connectivity index is 2.48. The molecule has 0 aliphatic carbocycles. The van der Waals surface area contributed by atoms with E-state index in [1.165, 1.54) is 0 Å². The molecule has 0 aliphatic rings. The standard InChI is InChI=1S/C12H17Cl2NS/c1-3-16-8-9(2)15-7-10-11(13)5-4-6-12(10)14/h4-6,9,15H,3,7-8H2,1-2H3. The molecule has 0 amide bonds. The van der Waals surface area contributed by atoms with Gasteiger partial charge in [-0.15, -0.1) is 0 Å². The van der Waals surface area contributed by atoms with Gasteiger partial charge in [-0.2, -0.15) is 11.8 Å². The number of thioether (sulfide) groups is 1. The molecule has 1 N–H and O–H groups in total. The number of halogens is 2. The van der Waals surface area contributed by atoms with E-state index in [1.807, 2.05) is 30.0 Å². The summed E-state index contributed by atoms with van der Waals surface area (Å²) in [5.41, 5.74) is 0.985. The molecule has 0 bridgehead atoms. The first-order chi connectivity index (χ1) is 7.65. The van der Waals surface area contributed by atoms with Crippen molar-refractivity contribution in [1.29, 1.82) is 0 Å². The minimum absolute atomic E-state index is 0.470. The second-order valence-corrected chi connectivity index (χ2v) is 5.77. The van der Waals surface area contributed by atoms with E-state index in [2.05, 4.69) is 19.2 Å². The average Bonchev–Trinajstić information content (AvgIpc) is 2.25. The first-order valence-corrected chi connectivity index (χ1v) is 7.30. The maximum atomic E-state index is 6.09. The third kappa shape index (κ3) is 4.54. The lowest BCUT2D eigenvalue weighted by atomic mass is 10.2. The molecule has 0 aromatic heterocycles. The van der Waals surface area contributed by atoms with Crippen molar-refractivity contribution in [2.75, 3.05) is 11.5 Å². The van der Waals surface area contributed by atoms with Crippen LogP contribution in [0.15, 0.2) is 18.2 Å². The van der Waals surface area contributed by atoms with E-state index in [-0.39, 0.29) is 0 Å². The molecule has 1 aromatic rings. The smallest absolute Gasteiger partial charge is 0.0465 e. The Bertz CT molecular complexity index is 311. The van der Waals surface area contributed by atoms with Crippen LogP contribution in [0.1, 0.15) is 19.4 Å². The van der Waals surface area contributed by atoms with Gasteiger partial charge in [0.15, 0.2) is 0 Å². The second kappa shape index (κ2) is 7.44. The lowest BCUT2D eigenvalue weighted by molar-refractivity contribution is 0.596. The molecule has 0 heterocycles. The van der Waals surface area contributed by atoms with Gasteiger partial charge in [0.05, 0.1) is 0 Å². The summed E-state index contributed by atoms with van der Waals surface area (Å²) in [5.74, 6) is 2.26. The highest BCUT2D eigenvalue weighted by molar-refractivity contribution is 7.99. The van der Waals surface area contributed by atoms with Crippen LogP contribution in [0, 0.1) is 0 Å².